The molecule has 5 heteroatoms. The maximum atomic E-state index is 6.15. The number of nitrogens with one attached hydrogen (secondary N) is 1. The van der Waals surface area contributed by atoms with Gasteiger partial charge < -0.3 is 9.73 Å². The zero-order chi connectivity index (χ0) is 28.3. The number of aliphatic imine (C=N–C) groups is 2. The summed E-state index contributed by atoms with van der Waals surface area (Å²) in [6, 6.07) is 44.1. The molecule has 0 aliphatic carbocycles. The van der Waals surface area contributed by atoms with E-state index >= 15 is 0 Å². The fourth-order valence-electron chi connectivity index (χ4n) is 6.33. The number of furan rings is 1. The molecular formula is C38H24N4O. The van der Waals surface area contributed by atoms with E-state index in [4.69, 9.17) is 14.4 Å². The quantitative estimate of drug-likeness (QED) is 0.223. The first-order valence-electron chi connectivity index (χ1n) is 14.4. The molecule has 8 aromatic rings. The van der Waals surface area contributed by atoms with Crippen LogP contribution >= 0.6 is 0 Å². The van der Waals surface area contributed by atoms with Crippen LogP contribution in [0.3, 0.4) is 0 Å². The molecule has 0 amide bonds. The summed E-state index contributed by atoms with van der Waals surface area (Å²) < 4.78 is 6.15. The number of hydrogen-bond donors (Lipinski definition) is 1. The molecule has 6 aromatic carbocycles. The van der Waals surface area contributed by atoms with Gasteiger partial charge in [-0.3, -0.25) is 4.98 Å². The van der Waals surface area contributed by atoms with Gasteiger partial charge in [-0.05, 0) is 62.1 Å². The maximum absolute atomic E-state index is 6.15. The van der Waals surface area contributed by atoms with E-state index in [1.807, 2.05) is 42.5 Å². The second-order valence-electron chi connectivity index (χ2n) is 10.9. The highest BCUT2D eigenvalue weighted by atomic mass is 16.3. The third-order valence-corrected chi connectivity index (χ3v) is 8.35. The molecule has 202 valence electrons. The zero-order valence-electron chi connectivity index (χ0n) is 23.0. The largest absolute Gasteiger partial charge is 0.454 e. The third kappa shape index (κ3) is 3.82. The van der Waals surface area contributed by atoms with Crippen LogP contribution in [0.25, 0.3) is 54.4 Å². The standard InChI is InChI=1S/C38H24N4O/c1-2-9-25(10-3-1)36-40-37(42-38(41-36)30-12-6-13-31-34(30)35-32(43-31)14-7-21-39-35)27-19-20-29-26(22-27)18-17-24-16-15-23-8-4-5-11-28(23)33(24)29/h1-22,36H,(H,40,41,42). The molecule has 0 saturated heterocycles. The highest BCUT2D eigenvalue weighted by Gasteiger charge is 2.24. The first kappa shape index (κ1) is 23.9. The lowest BCUT2D eigenvalue weighted by atomic mass is 9.95. The Morgan fingerprint density at radius 3 is 2.33 bits per heavy atom. The molecular weight excluding hydrogens is 528 g/mol. The summed E-state index contributed by atoms with van der Waals surface area (Å²) in [6.07, 6.45) is 1.49. The molecule has 1 aliphatic heterocycles. The number of pyridine rings is 1. The van der Waals surface area contributed by atoms with Gasteiger partial charge in [0.15, 0.2) is 11.4 Å². The van der Waals surface area contributed by atoms with Crippen LogP contribution in [0.4, 0.5) is 0 Å². The van der Waals surface area contributed by atoms with E-state index in [9.17, 15) is 0 Å². The van der Waals surface area contributed by atoms with Gasteiger partial charge in [0.2, 0.25) is 0 Å². The molecule has 0 fully saturated rings. The van der Waals surface area contributed by atoms with Crippen molar-refractivity contribution in [1.82, 2.24) is 10.3 Å². The number of hydrogen-bond acceptors (Lipinski definition) is 5. The van der Waals surface area contributed by atoms with Crippen LogP contribution in [-0.4, -0.2) is 16.7 Å². The summed E-state index contributed by atoms with van der Waals surface area (Å²) in [5.74, 6) is 1.42. The van der Waals surface area contributed by atoms with Gasteiger partial charge in [0, 0.05) is 17.3 Å². The van der Waals surface area contributed by atoms with Crippen molar-refractivity contribution in [2.45, 2.75) is 6.17 Å². The molecule has 9 rings (SSSR count). The van der Waals surface area contributed by atoms with Crippen LogP contribution in [0.5, 0.6) is 0 Å². The summed E-state index contributed by atoms with van der Waals surface area (Å²) in [4.78, 5) is 14.9. The SMILES string of the molecule is c1ccc(C2N=C(c3ccc4c(ccc5ccc6ccccc6c54)c3)N=C(c3cccc4oc5cccnc5c34)N2)cc1. The van der Waals surface area contributed by atoms with Gasteiger partial charge in [-0.2, -0.15) is 0 Å². The van der Waals surface area contributed by atoms with E-state index in [1.165, 1.54) is 26.9 Å². The molecule has 2 aromatic heterocycles. The van der Waals surface area contributed by atoms with Crippen LogP contribution in [-0.2, 0) is 0 Å². The van der Waals surface area contributed by atoms with Crippen molar-refractivity contribution < 1.29 is 4.42 Å². The highest BCUT2D eigenvalue weighted by molar-refractivity contribution is 6.23. The predicted octanol–water partition coefficient (Wildman–Crippen LogP) is 8.94. The van der Waals surface area contributed by atoms with Crippen molar-refractivity contribution in [3.63, 3.8) is 0 Å². The van der Waals surface area contributed by atoms with Crippen LogP contribution in [0, 0.1) is 0 Å². The minimum absolute atomic E-state index is 0.304. The van der Waals surface area contributed by atoms with Crippen LogP contribution in [0.1, 0.15) is 22.9 Å². The molecule has 0 spiro atoms. The fraction of sp³-hybridized carbons (Fsp3) is 0.0263. The van der Waals surface area contributed by atoms with Crippen molar-refractivity contribution in [3.05, 3.63) is 150 Å². The average Bonchev–Trinajstić information content (AvgIpc) is 3.47. The summed E-state index contributed by atoms with van der Waals surface area (Å²) >= 11 is 0. The van der Waals surface area contributed by atoms with Gasteiger partial charge in [-0.1, -0.05) is 103 Å². The second-order valence-corrected chi connectivity index (χ2v) is 10.9. The maximum Gasteiger partial charge on any atom is 0.159 e. The van der Waals surface area contributed by atoms with E-state index < -0.39 is 0 Å². The number of aromatic nitrogens is 1. The minimum atomic E-state index is -0.304. The Bertz CT molecular complexity index is 2440. The average molecular weight is 553 g/mol. The number of nitrogens with zero attached hydrogens (tertiary/aromatic N) is 3. The Kier molecular flexibility index (Phi) is 5.19. The van der Waals surface area contributed by atoms with Gasteiger partial charge in [-0.25, -0.2) is 9.98 Å². The van der Waals surface area contributed by atoms with Crippen molar-refractivity contribution >= 4 is 66.1 Å². The Morgan fingerprint density at radius 1 is 0.605 bits per heavy atom. The molecule has 1 N–H and O–H groups in total. The lowest BCUT2D eigenvalue weighted by molar-refractivity contribution is 0.667. The number of amidine groups is 2. The van der Waals surface area contributed by atoms with Gasteiger partial charge in [0.1, 0.15) is 23.1 Å². The lowest BCUT2D eigenvalue weighted by Gasteiger charge is -2.24. The van der Waals surface area contributed by atoms with E-state index in [-0.39, 0.29) is 6.17 Å². The highest BCUT2D eigenvalue weighted by Crippen LogP contribution is 2.34. The van der Waals surface area contributed by atoms with Gasteiger partial charge in [0.25, 0.3) is 0 Å². The smallest absolute Gasteiger partial charge is 0.159 e. The molecule has 43 heavy (non-hydrogen) atoms. The summed E-state index contributed by atoms with van der Waals surface area (Å²) in [5.41, 5.74) is 5.32. The molecule has 0 radical (unpaired) electrons. The van der Waals surface area contributed by atoms with Crippen molar-refractivity contribution in [1.29, 1.82) is 0 Å². The zero-order valence-corrected chi connectivity index (χ0v) is 23.0. The first-order valence-corrected chi connectivity index (χ1v) is 14.4. The molecule has 0 saturated carbocycles. The molecule has 1 aliphatic rings. The molecule has 5 nitrogen and oxygen atoms in total. The van der Waals surface area contributed by atoms with Crippen LogP contribution in [0.15, 0.2) is 148 Å². The first-order chi connectivity index (χ1) is 21.3. The summed E-state index contributed by atoms with van der Waals surface area (Å²) in [6.45, 7) is 0. The number of benzene rings is 6. The van der Waals surface area contributed by atoms with Crippen LogP contribution < -0.4 is 5.32 Å². The number of rotatable bonds is 3. The molecule has 3 heterocycles. The number of fused-ring (bicyclic) bond motifs is 8. The van der Waals surface area contributed by atoms with Crippen LogP contribution in [0.2, 0.25) is 0 Å². The second kappa shape index (κ2) is 9.36. The Hall–Kier alpha value is -5.81. The van der Waals surface area contributed by atoms with E-state index in [0.29, 0.717) is 5.84 Å². The van der Waals surface area contributed by atoms with Crippen molar-refractivity contribution in [2.75, 3.05) is 0 Å². The summed E-state index contributed by atoms with van der Waals surface area (Å²) in [5, 5.41) is 11.9. The lowest BCUT2D eigenvalue weighted by Crippen LogP contribution is -2.33. The van der Waals surface area contributed by atoms with E-state index in [2.05, 4.69) is 95.2 Å². The van der Waals surface area contributed by atoms with Crippen molar-refractivity contribution in [3.8, 4) is 0 Å². The predicted molar refractivity (Wildman–Crippen MR) is 176 cm³/mol. The van der Waals surface area contributed by atoms with Crippen molar-refractivity contribution in [2.24, 2.45) is 9.98 Å². The monoisotopic (exact) mass is 552 g/mol. The molecule has 1 unspecified atom stereocenters. The molecule has 1 atom stereocenters. The molecule has 0 bridgehead atoms. The topological polar surface area (TPSA) is 62.8 Å². The Labute approximate surface area is 246 Å². The normalized spacial score (nSPS) is 15.2. The van der Waals surface area contributed by atoms with E-state index in [0.717, 1.165) is 50.0 Å². The minimum Gasteiger partial charge on any atom is -0.454 e. The Morgan fingerprint density at radius 2 is 1.40 bits per heavy atom. The fourth-order valence-corrected chi connectivity index (χ4v) is 6.33. The van der Waals surface area contributed by atoms with Gasteiger partial charge >= 0.3 is 0 Å². The third-order valence-electron chi connectivity index (χ3n) is 8.35. The van der Waals surface area contributed by atoms with Gasteiger partial charge in [-0.15, -0.1) is 0 Å². The van der Waals surface area contributed by atoms with E-state index in [1.54, 1.807) is 6.20 Å². The summed E-state index contributed by atoms with van der Waals surface area (Å²) in [7, 11) is 0. The van der Waals surface area contributed by atoms with Gasteiger partial charge in [0.05, 0.1) is 5.39 Å². The Balaban J connectivity index is 1.25.